The van der Waals surface area contributed by atoms with Crippen molar-refractivity contribution >= 4 is 5.95 Å². The van der Waals surface area contributed by atoms with Gasteiger partial charge in [0, 0.05) is 0 Å². The van der Waals surface area contributed by atoms with E-state index in [9.17, 15) is 0 Å². The lowest BCUT2D eigenvalue weighted by atomic mass is 10.1. The summed E-state index contributed by atoms with van der Waals surface area (Å²) in [4.78, 5) is 0. The molecule has 0 unspecified atom stereocenters. The summed E-state index contributed by atoms with van der Waals surface area (Å²) in [7, 11) is 0. The summed E-state index contributed by atoms with van der Waals surface area (Å²) < 4.78 is 1.75. The molecule has 1 N–H and O–H groups in total. The van der Waals surface area contributed by atoms with Crippen LogP contribution in [0.5, 0.6) is 0 Å². The van der Waals surface area contributed by atoms with Crippen molar-refractivity contribution in [2.24, 2.45) is 0 Å². The van der Waals surface area contributed by atoms with E-state index in [0.717, 1.165) is 18.5 Å². The van der Waals surface area contributed by atoms with Crippen LogP contribution in [0, 0.1) is 6.92 Å². The Bertz CT molecular complexity index is 791. The molecule has 0 radical (unpaired) electrons. The number of rotatable bonds is 3. The molecular weight excluding hydrogens is 274 g/mol. The highest BCUT2D eigenvalue weighted by atomic mass is 15.6. The molecule has 2 aromatic carbocycles. The van der Waals surface area contributed by atoms with Crippen molar-refractivity contribution in [3.05, 3.63) is 65.2 Å². The minimum absolute atomic E-state index is 0.270. The van der Waals surface area contributed by atoms with Gasteiger partial charge >= 0.3 is 0 Å². The number of nitrogens with zero attached hydrogens (tertiary/aromatic N) is 4. The van der Waals surface area contributed by atoms with Gasteiger partial charge in [-0.3, -0.25) is 0 Å². The lowest BCUT2D eigenvalue weighted by Gasteiger charge is -2.14. The molecule has 0 saturated carbocycles. The van der Waals surface area contributed by atoms with Crippen LogP contribution in [0.4, 0.5) is 5.95 Å². The third-order valence-electron chi connectivity index (χ3n) is 4.18. The van der Waals surface area contributed by atoms with Gasteiger partial charge in [0.25, 0.3) is 0 Å². The van der Waals surface area contributed by atoms with Crippen LogP contribution in [0.3, 0.4) is 0 Å². The summed E-state index contributed by atoms with van der Waals surface area (Å²) in [6.45, 7) is 2.07. The zero-order chi connectivity index (χ0) is 14.9. The Labute approximate surface area is 129 Å². The van der Waals surface area contributed by atoms with Crippen LogP contribution in [0.2, 0.25) is 0 Å². The topological polar surface area (TPSA) is 55.6 Å². The highest BCUT2D eigenvalue weighted by Gasteiger charge is 2.23. The minimum atomic E-state index is 0.270. The molecule has 1 aliphatic carbocycles. The van der Waals surface area contributed by atoms with Gasteiger partial charge < -0.3 is 5.32 Å². The van der Waals surface area contributed by atoms with E-state index in [-0.39, 0.29) is 6.04 Å². The fraction of sp³-hybridized carbons (Fsp3) is 0.235. The van der Waals surface area contributed by atoms with Gasteiger partial charge in [0.1, 0.15) is 0 Å². The van der Waals surface area contributed by atoms with Crippen molar-refractivity contribution in [2.45, 2.75) is 25.8 Å². The summed E-state index contributed by atoms with van der Waals surface area (Å²) in [6, 6.07) is 17.0. The number of nitrogens with one attached hydrogen (secondary N) is 1. The molecule has 1 aliphatic rings. The maximum atomic E-state index is 4.14. The molecular formula is C17H17N5. The van der Waals surface area contributed by atoms with Crippen LogP contribution in [-0.4, -0.2) is 20.2 Å². The molecule has 0 amide bonds. The Morgan fingerprint density at radius 3 is 2.77 bits per heavy atom. The van der Waals surface area contributed by atoms with E-state index in [4.69, 9.17) is 0 Å². The Morgan fingerprint density at radius 1 is 1.09 bits per heavy atom. The summed E-state index contributed by atoms with van der Waals surface area (Å²) in [5.74, 6) is 0.686. The first kappa shape index (κ1) is 13.0. The minimum Gasteiger partial charge on any atom is -0.346 e. The number of hydrogen-bond donors (Lipinski definition) is 1. The molecule has 0 saturated heterocycles. The molecule has 22 heavy (non-hydrogen) atoms. The highest BCUT2D eigenvalue weighted by molar-refractivity contribution is 5.44. The molecule has 0 aliphatic heterocycles. The van der Waals surface area contributed by atoms with Gasteiger partial charge in [0.15, 0.2) is 0 Å². The number of aromatic nitrogens is 4. The average molecular weight is 291 g/mol. The highest BCUT2D eigenvalue weighted by Crippen LogP contribution is 2.33. The van der Waals surface area contributed by atoms with Crippen LogP contribution >= 0.6 is 0 Å². The fourth-order valence-corrected chi connectivity index (χ4v) is 3.00. The SMILES string of the molecule is Cc1ccc(-n2nnnc2N[C@@H]2CCc3ccccc32)cc1. The number of hydrogen-bond acceptors (Lipinski definition) is 4. The first-order valence-electron chi connectivity index (χ1n) is 7.51. The first-order chi connectivity index (χ1) is 10.8. The van der Waals surface area contributed by atoms with Crippen molar-refractivity contribution in [3.63, 3.8) is 0 Å². The molecule has 0 spiro atoms. The van der Waals surface area contributed by atoms with Crippen molar-refractivity contribution < 1.29 is 0 Å². The van der Waals surface area contributed by atoms with Gasteiger partial charge in [-0.15, -0.1) is 0 Å². The maximum absolute atomic E-state index is 4.14. The van der Waals surface area contributed by atoms with Crippen LogP contribution < -0.4 is 5.32 Å². The predicted octanol–water partition coefficient (Wildman–Crippen LogP) is 3.07. The average Bonchev–Trinajstić information content (AvgIpc) is 3.16. The van der Waals surface area contributed by atoms with Gasteiger partial charge in [0.2, 0.25) is 5.95 Å². The van der Waals surface area contributed by atoms with Gasteiger partial charge in [0.05, 0.1) is 11.7 Å². The van der Waals surface area contributed by atoms with E-state index >= 15 is 0 Å². The third-order valence-corrected chi connectivity index (χ3v) is 4.18. The molecule has 5 nitrogen and oxygen atoms in total. The van der Waals surface area contributed by atoms with Crippen molar-refractivity contribution in [3.8, 4) is 5.69 Å². The molecule has 1 aromatic heterocycles. The Hall–Kier alpha value is -2.69. The van der Waals surface area contributed by atoms with Crippen LogP contribution in [0.15, 0.2) is 48.5 Å². The third kappa shape index (κ3) is 2.24. The standard InChI is InChI=1S/C17H17N5/c1-12-6-9-14(10-7-12)22-17(19-20-21-22)18-16-11-8-13-4-2-3-5-15(13)16/h2-7,9-10,16H,8,11H2,1H3,(H,18,19,21)/t16-/m1/s1. The molecule has 0 bridgehead atoms. The van der Waals surface area contributed by atoms with E-state index in [1.54, 1.807) is 4.68 Å². The summed E-state index contributed by atoms with van der Waals surface area (Å²) >= 11 is 0. The lowest BCUT2D eigenvalue weighted by molar-refractivity contribution is 0.737. The monoisotopic (exact) mass is 291 g/mol. The van der Waals surface area contributed by atoms with Crippen molar-refractivity contribution in [1.29, 1.82) is 0 Å². The number of tetrazole rings is 1. The van der Waals surface area contributed by atoms with E-state index in [1.165, 1.54) is 16.7 Å². The molecule has 4 rings (SSSR count). The largest absolute Gasteiger partial charge is 0.346 e. The fourth-order valence-electron chi connectivity index (χ4n) is 3.00. The Balaban J connectivity index is 1.63. The molecule has 1 atom stereocenters. The molecule has 5 heteroatoms. The second-order valence-electron chi connectivity index (χ2n) is 5.68. The number of aryl methyl sites for hydroxylation is 2. The van der Waals surface area contributed by atoms with Crippen molar-refractivity contribution in [2.75, 3.05) is 5.32 Å². The first-order valence-corrected chi connectivity index (χ1v) is 7.51. The summed E-state index contributed by atoms with van der Waals surface area (Å²) in [6.07, 6.45) is 2.17. The predicted molar refractivity (Wildman–Crippen MR) is 85.0 cm³/mol. The molecule has 110 valence electrons. The van der Waals surface area contributed by atoms with Crippen LogP contribution in [0.25, 0.3) is 5.69 Å². The zero-order valence-corrected chi connectivity index (χ0v) is 12.4. The van der Waals surface area contributed by atoms with E-state index in [2.05, 4.69) is 64.2 Å². The molecule has 1 heterocycles. The van der Waals surface area contributed by atoms with Gasteiger partial charge in [-0.05, 0) is 53.5 Å². The summed E-state index contributed by atoms with van der Waals surface area (Å²) in [5.41, 5.74) is 4.94. The van der Waals surface area contributed by atoms with Crippen LogP contribution in [-0.2, 0) is 6.42 Å². The Kier molecular flexibility index (Phi) is 3.11. The van der Waals surface area contributed by atoms with E-state index in [0.29, 0.717) is 5.95 Å². The van der Waals surface area contributed by atoms with Gasteiger partial charge in [-0.2, -0.15) is 4.68 Å². The van der Waals surface area contributed by atoms with E-state index < -0.39 is 0 Å². The number of fused-ring (bicyclic) bond motifs is 1. The number of anilines is 1. The second-order valence-corrected chi connectivity index (χ2v) is 5.68. The summed E-state index contributed by atoms with van der Waals surface area (Å²) in [5, 5.41) is 15.6. The molecule has 0 fully saturated rings. The smallest absolute Gasteiger partial charge is 0.248 e. The second kappa shape index (κ2) is 5.26. The lowest BCUT2D eigenvalue weighted by Crippen LogP contribution is -2.12. The Morgan fingerprint density at radius 2 is 1.91 bits per heavy atom. The molecule has 3 aromatic rings. The number of benzene rings is 2. The van der Waals surface area contributed by atoms with Gasteiger partial charge in [-0.1, -0.05) is 47.1 Å². The maximum Gasteiger partial charge on any atom is 0.248 e. The van der Waals surface area contributed by atoms with Crippen molar-refractivity contribution in [1.82, 2.24) is 20.2 Å². The zero-order valence-electron chi connectivity index (χ0n) is 12.4. The van der Waals surface area contributed by atoms with Gasteiger partial charge in [-0.25, -0.2) is 0 Å². The van der Waals surface area contributed by atoms with Crippen LogP contribution in [0.1, 0.15) is 29.2 Å². The van der Waals surface area contributed by atoms with E-state index in [1.807, 2.05) is 12.1 Å². The normalized spacial score (nSPS) is 16.5. The quantitative estimate of drug-likeness (QED) is 0.805.